The number of carbonyl (C=O) groups excluding carboxylic acids is 1. The number of nitrogens with zero attached hydrogens (tertiary/aromatic N) is 1. The second-order valence-electron chi connectivity index (χ2n) is 4.73. The summed E-state index contributed by atoms with van der Waals surface area (Å²) in [5.74, 6) is -0.0244. The smallest absolute Gasteiger partial charge is 0.268 e. The Bertz CT molecular complexity index is 406. The van der Waals surface area contributed by atoms with E-state index >= 15 is 0 Å². The molecule has 0 radical (unpaired) electrons. The fraction of sp³-hybridized carbons (Fsp3) is 0.615. The van der Waals surface area contributed by atoms with Crippen LogP contribution in [0.5, 0.6) is 0 Å². The van der Waals surface area contributed by atoms with Gasteiger partial charge in [0.25, 0.3) is 5.91 Å². The molecule has 0 aliphatic carbocycles. The average Bonchev–Trinajstić information content (AvgIpc) is 2.90. The summed E-state index contributed by atoms with van der Waals surface area (Å²) in [6, 6.07) is 3.87. The predicted molar refractivity (Wildman–Crippen MR) is 66.1 cm³/mol. The molecule has 2 unspecified atom stereocenters. The minimum atomic E-state index is -0.0244. The Balaban J connectivity index is 1.99. The zero-order chi connectivity index (χ0) is 12.4. The fourth-order valence-electron chi connectivity index (χ4n) is 2.21. The number of aromatic nitrogens is 1. The standard InChI is InChI=1S/C13H20N2O2/c1-9-6-7-11(15(9)3)13(16)14-10(2)12-5-4-8-17-12/h6-7,10,12H,4-5,8H2,1-3H3,(H,14,16). The quantitative estimate of drug-likeness (QED) is 0.867. The van der Waals surface area contributed by atoms with Gasteiger partial charge in [0.15, 0.2) is 0 Å². The van der Waals surface area contributed by atoms with Gasteiger partial charge in [0.2, 0.25) is 0 Å². The third-order valence-corrected chi connectivity index (χ3v) is 3.49. The molecular weight excluding hydrogens is 216 g/mol. The van der Waals surface area contributed by atoms with Gasteiger partial charge in [-0.3, -0.25) is 4.79 Å². The SMILES string of the molecule is Cc1ccc(C(=O)NC(C)C2CCCO2)n1C. The van der Waals surface area contributed by atoms with Crippen LogP contribution in [0.2, 0.25) is 0 Å². The molecule has 1 aromatic heterocycles. The van der Waals surface area contributed by atoms with E-state index in [1.54, 1.807) is 0 Å². The molecule has 1 aromatic rings. The number of carbonyl (C=O) groups is 1. The van der Waals surface area contributed by atoms with Crippen LogP contribution in [0, 0.1) is 6.92 Å². The summed E-state index contributed by atoms with van der Waals surface area (Å²) in [7, 11) is 1.90. The minimum Gasteiger partial charge on any atom is -0.376 e. The summed E-state index contributed by atoms with van der Waals surface area (Å²) in [6.07, 6.45) is 2.29. The van der Waals surface area contributed by atoms with Crippen LogP contribution in [0.4, 0.5) is 0 Å². The first-order valence-corrected chi connectivity index (χ1v) is 6.14. The van der Waals surface area contributed by atoms with E-state index in [-0.39, 0.29) is 18.1 Å². The molecule has 4 heteroatoms. The zero-order valence-corrected chi connectivity index (χ0v) is 10.7. The third kappa shape index (κ3) is 2.52. The van der Waals surface area contributed by atoms with Crippen LogP contribution >= 0.6 is 0 Å². The number of hydrogen-bond donors (Lipinski definition) is 1. The highest BCUT2D eigenvalue weighted by Crippen LogP contribution is 2.16. The van der Waals surface area contributed by atoms with Crippen molar-refractivity contribution in [2.45, 2.75) is 38.8 Å². The highest BCUT2D eigenvalue weighted by Gasteiger charge is 2.24. The average molecular weight is 236 g/mol. The molecular formula is C13H20N2O2. The van der Waals surface area contributed by atoms with Gasteiger partial charge in [-0.25, -0.2) is 0 Å². The van der Waals surface area contributed by atoms with E-state index in [0.29, 0.717) is 5.69 Å². The van der Waals surface area contributed by atoms with Crippen LogP contribution in [-0.2, 0) is 11.8 Å². The Kier molecular flexibility index (Phi) is 3.52. The Hall–Kier alpha value is -1.29. The summed E-state index contributed by atoms with van der Waals surface area (Å²) in [6.45, 7) is 4.80. The van der Waals surface area contributed by atoms with E-state index in [1.165, 1.54) is 0 Å². The van der Waals surface area contributed by atoms with Crippen molar-refractivity contribution in [2.24, 2.45) is 7.05 Å². The minimum absolute atomic E-state index is 0.0244. The van der Waals surface area contributed by atoms with E-state index in [2.05, 4.69) is 5.32 Å². The summed E-state index contributed by atoms with van der Waals surface area (Å²) in [5.41, 5.74) is 1.78. The Morgan fingerprint density at radius 3 is 2.88 bits per heavy atom. The largest absolute Gasteiger partial charge is 0.376 e. The molecule has 1 saturated heterocycles. The number of aryl methyl sites for hydroxylation is 1. The predicted octanol–water partition coefficient (Wildman–Crippen LogP) is 1.63. The van der Waals surface area contributed by atoms with Crippen molar-refractivity contribution in [3.05, 3.63) is 23.5 Å². The molecule has 2 heterocycles. The number of ether oxygens (including phenoxy) is 1. The summed E-state index contributed by atoms with van der Waals surface area (Å²) >= 11 is 0. The van der Waals surface area contributed by atoms with Crippen LogP contribution < -0.4 is 5.32 Å². The zero-order valence-electron chi connectivity index (χ0n) is 10.7. The highest BCUT2D eigenvalue weighted by atomic mass is 16.5. The van der Waals surface area contributed by atoms with Crippen molar-refractivity contribution in [3.8, 4) is 0 Å². The number of nitrogens with one attached hydrogen (secondary N) is 1. The van der Waals surface area contributed by atoms with Gasteiger partial charge >= 0.3 is 0 Å². The van der Waals surface area contributed by atoms with Crippen molar-refractivity contribution in [1.82, 2.24) is 9.88 Å². The number of amides is 1. The van der Waals surface area contributed by atoms with Crippen LogP contribution in [0.25, 0.3) is 0 Å². The maximum absolute atomic E-state index is 12.1. The van der Waals surface area contributed by atoms with Gasteiger partial charge in [-0.1, -0.05) is 0 Å². The molecule has 94 valence electrons. The molecule has 0 bridgehead atoms. The van der Waals surface area contributed by atoms with Gasteiger partial charge in [-0.05, 0) is 38.8 Å². The molecule has 17 heavy (non-hydrogen) atoms. The molecule has 1 aliphatic heterocycles. The van der Waals surface area contributed by atoms with Gasteiger partial charge in [-0.2, -0.15) is 0 Å². The Morgan fingerprint density at radius 1 is 1.59 bits per heavy atom. The molecule has 0 spiro atoms. The maximum atomic E-state index is 12.1. The van der Waals surface area contributed by atoms with Crippen molar-refractivity contribution in [3.63, 3.8) is 0 Å². The number of rotatable bonds is 3. The first-order chi connectivity index (χ1) is 8.09. The van der Waals surface area contributed by atoms with Crippen molar-refractivity contribution < 1.29 is 9.53 Å². The van der Waals surface area contributed by atoms with Gasteiger partial charge < -0.3 is 14.6 Å². The Morgan fingerprint density at radius 2 is 2.35 bits per heavy atom. The lowest BCUT2D eigenvalue weighted by molar-refractivity contribution is 0.0707. The molecule has 1 aliphatic rings. The summed E-state index contributed by atoms with van der Waals surface area (Å²) in [5, 5.41) is 3.01. The van der Waals surface area contributed by atoms with Crippen LogP contribution in [0.1, 0.15) is 35.9 Å². The van der Waals surface area contributed by atoms with Gasteiger partial charge in [0.1, 0.15) is 5.69 Å². The van der Waals surface area contributed by atoms with E-state index in [1.807, 2.05) is 37.6 Å². The molecule has 0 saturated carbocycles. The topological polar surface area (TPSA) is 43.3 Å². The molecule has 1 fully saturated rings. The normalized spacial score (nSPS) is 21.5. The monoisotopic (exact) mass is 236 g/mol. The molecule has 1 amide bonds. The molecule has 1 N–H and O–H groups in total. The van der Waals surface area contributed by atoms with Gasteiger partial charge in [-0.15, -0.1) is 0 Å². The first kappa shape index (κ1) is 12.2. The number of hydrogen-bond acceptors (Lipinski definition) is 2. The molecule has 0 aromatic carbocycles. The van der Waals surface area contributed by atoms with Gasteiger partial charge in [0, 0.05) is 19.3 Å². The Labute approximate surface area is 102 Å². The first-order valence-electron chi connectivity index (χ1n) is 6.14. The summed E-state index contributed by atoms with van der Waals surface area (Å²) in [4.78, 5) is 12.1. The van der Waals surface area contributed by atoms with Crippen LogP contribution in [0.3, 0.4) is 0 Å². The lowest BCUT2D eigenvalue weighted by atomic mass is 10.1. The second kappa shape index (κ2) is 4.92. The van der Waals surface area contributed by atoms with Gasteiger partial charge in [0.05, 0.1) is 12.1 Å². The van der Waals surface area contributed by atoms with Crippen molar-refractivity contribution in [2.75, 3.05) is 6.61 Å². The maximum Gasteiger partial charge on any atom is 0.268 e. The van der Waals surface area contributed by atoms with E-state index < -0.39 is 0 Å². The van der Waals surface area contributed by atoms with Crippen molar-refractivity contribution in [1.29, 1.82) is 0 Å². The highest BCUT2D eigenvalue weighted by molar-refractivity contribution is 5.93. The molecule has 2 atom stereocenters. The van der Waals surface area contributed by atoms with Crippen LogP contribution in [-0.4, -0.2) is 29.2 Å². The summed E-state index contributed by atoms with van der Waals surface area (Å²) < 4.78 is 7.47. The van der Waals surface area contributed by atoms with E-state index in [9.17, 15) is 4.79 Å². The third-order valence-electron chi connectivity index (χ3n) is 3.49. The van der Waals surface area contributed by atoms with E-state index in [4.69, 9.17) is 4.74 Å². The fourth-order valence-corrected chi connectivity index (χ4v) is 2.21. The lowest BCUT2D eigenvalue weighted by Crippen LogP contribution is -2.41. The molecule has 2 rings (SSSR count). The van der Waals surface area contributed by atoms with E-state index in [0.717, 1.165) is 25.1 Å². The van der Waals surface area contributed by atoms with Crippen molar-refractivity contribution >= 4 is 5.91 Å². The second-order valence-corrected chi connectivity index (χ2v) is 4.73. The lowest BCUT2D eigenvalue weighted by Gasteiger charge is -2.20. The van der Waals surface area contributed by atoms with Crippen LogP contribution in [0.15, 0.2) is 12.1 Å². The molecule has 4 nitrogen and oxygen atoms in total.